The van der Waals surface area contributed by atoms with Gasteiger partial charge in [-0.3, -0.25) is 0 Å². The maximum atomic E-state index is 11.8. The van der Waals surface area contributed by atoms with Gasteiger partial charge in [-0.05, 0) is 31.0 Å². The standard InChI is InChI=1S/C19H26N6O3/c1-3-28-19(26)25-12-10-24(11-13-25)17-14-21-23-18(22-17)20-9-8-15-4-6-16(27-2)7-5-15/h4-7,14H,3,8-13H2,1-2H3,(H,20,22,23). The smallest absolute Gasteiger partial charge is 0.409 e. The van der Waals surface area contributed by atoms with Crippen LogP contribution >= 0.6 is 0 Å². The van der Waals surface area contributed by atoms with E-state index in [0.717, 1.165) is 18.0 Å². The molecule has 0 unspecified atom stereocenters. The Balaban J connectivity index is 1.49. The topological polar surface area (TPSA) is 92.7 Å². The third-order valence-corrected chi connectivity index (χ3v) is 4.53. The lowest BCUT2D eigenvalue weighted by Crippen LogP contribution is -2.49. The maximum absolute atomic E-state index is 11.8. The van der Waals surface area contributed by atoms with Crippen LogP contribution in [-0.2, 0) is 11.2 Å². The fourth-order valence-corrected chi connectivity index (χ4v) is 2.97. The van der Waals surface area contributed by atoms with Crippen molar-refractivity contribution >= 4 is 17.9 Å². The number of ether oxygens (including phenoxy) is 2. The molecule has 0 saturated carbocycles. The highest BCUT2D eigenvalue weighted by Gasteiger charge is 2.23. The Hall–Kier alpha value is -3.10. The van der Waals surface area contributed by atoms with E-state index in [1.807, 2.05) is 31.2 Å². The van der Waals surface area contributed by atoms with Crippen LogP contribution in [0, 0.1) is 0 Å². The van der Waals surface area contributed by atoms with Crippen LogP contribution in [0.5, 0.6) is 5.75 Å². The van der Waals surface area contributed by atoms with E-state index in [-0.39, 0.29) is 6.09 Å². The van der Waals surface area contributed by atoms with E-state index in [0.29, 0.717) is 45.3 Å². The van der Waals surface area contributed by atoms with Gasteiger partial charge < -0.3 is 24.6 Å². The molecule has 0 bridgehead atoms. The lowest BCUT2D eigenvalue weighted by Gasteiger charge is -2.34. The first-order valence-corrected chi connectivity index (χ1v) is 9.42. The van der Waals surface area contributed by atoms with Gasteiger partial charge in [0.15, 0.2) is 5.82 Å². The monoisotopic (exact) mass is 386 g/mol. The summed E-state index contributed by atoms with van der Waals surface area (Å²) in [6, 6.07) is 7.98. The number of carbonyl (C=O) groups is 1. The Morgan fingerprint density at radius 1 is 1.18 bits per heavy atom. The molecule has 1 aromatic heterocycles. The minimum Gasteiger partial charge on any atom is -0.497 e. The predicted molar refractivity (Wildman–Crippen MR) is 106 cm³/mol. The predicted octanol–water partition coefficient (Wildman–Crippen LogP) is 1.81. The van der Waals surface area contributed by atoms with Crippen LogP contribution in [0.25, 0.3) is 0 Å². The third kappa shape index (κ3) is 5.21. The quantitative estimate of drug-likeness (QED) is 0.770. The van der Waals surface area contributed by atoms with E-state index in [1.165, 1.54) is 5.56 Å². The van der Waals surface area contributed by atoms with Crippen molar-refractivity contribution in [3.63, 3.8) is 0 Å². The van der Waals surface area contributed by atoms with Crippen LogP contribution in [0.3, 0.4) is 0 Å². The minimum atomic E-state index is -0.260. The number of aromatic nitrogens is 3. The maximum Gasteiger partial charge on any atom is 0.409 e. The van der Waals surface area contributed by atoms with E-state index in [4.69, 9.17) is 9.47 Å². The summed E-state index contributed by atoms with van der Waals surface area (Å²) in [5, 5.41) is 11.3. The number of anilines is 2. The van der Waals surface area contributed by atoms with Gasteiger partial charge in [0, 0.05) is 32.7 Å². The Labute approximate surface area is 164 Å². The summed E-state index contributed by atoms with van der Waals surface area (Å²) in [6.45, 7) is 5.47. The molecule has 0 radical (unpaired) electrons. The highest BCUT2D eigenvalue weighted by molar-refractivity contribution is 5.68. The van der Waals surface area contributed by atoms with Gasteiger partial charge in [0.05, 0.1) is 19.9 Å². The van der Waals surface area contributed by atoms with E-state index in [9.17, 15) is 4.79 Å². The van der Waals surface area contributed by atoms with Crippen molar-refractivity contribution in [2.45, 2.75) is 13.3 Å². The van der Waals surface area contributed by atoms with Gasteiger partial charge in [-0.2, -0.15) is 10.1 Å². The molecular formula is C19H26N6O3. The average Bonchev–Trinajstić information content (AvgIpc) is 2.75. The van der Waals surface area contributed by atoms with Crippen LogP contribution in [-0.4, -0.2) is 72.6 Å². The van der Waals surface area contributed by atoms with Gasteiger partial charge in [-0.1, -0.05) is 12.1 Å². The summed E-state index contributed by atoms with van der Waals surface area (Å²) in [6.07, 6.45) is 2.23. The molecule has 3 rings (SSSR count). The summed E-state index contributed by atoms with van der Waals surface area (Å²) in [7, 11) is 1.66. The molecule has 2 heterocycles. The van der Waals surface area contributed by atoms with Gasteiger partial charge in [0.25, 0.3) is 0 Å². The molecule has 2 aromatic rings. The van der Waals surface area contributed by atoms with E-state index >= 15 is 0 Å². The summed E-state index contributed by atoms with van der Waals surface area (Å²) in [5.41, 5.74) is 1.20. The van der Waals surface area contributed by atoms with Crippen molar-refractivity contribution in [2.24, 2.45) is 0 Å². The number of rotatable bonds is 7. The fraction of sp³-hybridized carbons (Fsp3) is 0.474. The molecule has 1 N–H and O–H groups in total. The Bertz CT molecular complexity index is 763. The summed E-state index contributed by atoms with van der Waals surface area (Å²) in [5.74, 6) is 2.10. The van der Waals surface area contributed by atoms with E-state index in [2.05, 4.69) is 25.4 Å². The highest BCUT2D eigenvalue weighted by atomic mass is 16.6. The minimum absolute atomic E-state index is 0.260. The fourth-order valence-electron chi connectivity index (χ4n) is 2.97. The Morgan fingerprint density at radius 3 is 2.61 bits per heavy atom. The first-order valence-electron chi connectivity index (χ1n) is 9.42. The zero-order chi connectivity index (χ0) is 19.8. The van der Waals surface area contributed by atoms with Crippen molar-refractivity contribution < 1.29 is 14.3 Å². The molecule has 9 nitrogen and oxygen atoms in total. The molecule has 1 aromatic carbocycles. The van der Waals surface area contributed by atoms with Gasteiger partial charge in [-0.25, -0.2) is 4.79 Å². The van der Waals surface area contributed by atoms with Crippen LogP contribution in [0.15, 0.2) is 30.5 Å². The van der Waals surface area contributed by atoms with Crippen LogP contribution in [0.2, 0.25) is 0 Å². The second-order valence-electron chi connectivity index (χ2n) is 6.34. The molecule has 1 aliphatic rings. The average molecular weight is 386 g/mol. The second kappa shape index (κ2) is 9.72. The number of hydrogen-bond donors (Lipinski definition) is 1. The number of piperazine rings is 1. The molecule has 9 heteroatoms. The third-order valence-electron chi connectivity index (χ3n) is 4.53. The number of benzene rings is 1. The Morgan fingerprint density at radius 2 is 1.93 bits per heavy atom. The summed E-state index contributed by atoms with van der Waals surface area (Å²) < 4.78 is 10.2. The van der Waals surface area contributed by atoms with Crippen LogP contribution in [0.4, 0.5) is 16.6 Å². The van der Waals surface area contributed by atoms with E-state index in [1.54, 1.807) is 18.2 Å². The molecule has 1 amide bonds. The van der Waals surface area contributed by atoms with Gasteiger partial charge in [0.1, 0.15) is 5.75 Å². The van der Waals surface area contributed by atoms with Crippen molar-refractivity contribution in [2.75, 3.05) is 56.7 Å². The van der Waals surface area contributed by atoms with Gasteiger partial charge in [0.2, 0.25) is 5.95 Å². The number of nitrogens with one attached hydrogen (secondary N) is 1. The van der Waals surface area contributed by atoms with Gasteiger partial charge in [-0.15, -0.1) is 5.10 Å². The second-order valence-corrected chi connectivity index (χ2v) is 6.34. The number of hydrogen-bond acceptors (Lipinski definition) is 8. The molecule has 0 aliphatic carbocycles. The van der Waals surface area contributed by atoms with Crippen LogP contribution < -0.4 is 15.0 Å². The molecule has 0 atom stereocenters. The zero-order valence-corrected chi connectivity index (χ0v) is 16.3. The number of carbonyl (C=O) groups excluding carboxylic acids is 1. The molecule has 1 saturated heterocycles. The van der Waals surface area contributed by atoms with Crippen molar-refractivity contribution in [1.82, 2.24) is 20.1 Å². The van der Waals surface area contributed by atoms with Gasteiger partial charge >= 0.3 is 6.09 Å². The zero-order valence-electron chi connectivity index (χ0n) is 16.3. The number of amides is 1. The molecule has 0 spiro atoms. The molecule has 1 fully saturated rings. The lowest BCUT2D eigenvalue weighted by atomic mass is 10.1. The van der Waals surface area contributed by atoms with E-state index < -0.39 is 0 Å². The first kappa shape index (κ1) is 19.7. The van der Waals surface area contributed by atoms with Crippen molar-refractivity contribution in [3.8, 4) is 5.75 Å². The Kier molecular flexibility index (Phi) is 6.83. The SMILES string of the molecule is CCOC(=O)N1CCN(c2cnnc(NCCc3ccc(OC)cc3)n2)CC1. The first-order chi connectivity index (χ1) is 13.7. The number of nitrogens with zero attached hydrogens (tertiary/aromatic N) is 5. The summed E-state index contributed by atoms with van der Waals surface area (Å²) >= 11 is 0. The highest BCUT2D eigenvalue weighted by Crippen LogP contribution is 2.15. The largest absolute Gasteiger partial charge is 0.497 e. The normalized spacial score (nSPS) is 13.9. The van der Waals surface area contributed by atoms with Crippen molar-refractivity contribution in [1.29, 1.82) is 0 Å². The lowest BCUT2D eigenvalue weighted by molar-refractivity contribution is 0.105. The summed E-state index contributed by atoms with van der Waals surface area (Å²) in [4.78, 5) is 20.2. The molecule has 28 heavy (non-hydrogen) atoms. The van der Waals surface area contributed by atoms with Crippen LogP contribution in [0.1, 0.15) is 12.5 Å². The molecule has 150 valence electrons. The molecular weight excluding hydrogens is 360 g/mol. The number of methoxy groups -OCH3 is 1. The van der Waals surface area contributed by atoms with Crippen molar-refractivity contribution in [3.05, 3.63) is 36.0 Å². The molecule has 1 aliphatic heterocycles.